The number of carbonyl (C=O) groups is 1. The highest BCUT2D eigenvalue weighted by Crippen LogP contribution is 2.25. The first-order chi connectivity index (χ1) is 14.2. The lowest BCUT2D eigenvalue weighted by atomic mass is 10.1. The first-order valence-corrected chi connectivity index (χ1v) is 9.96. The smallest absolute Gasteiger partial charge is 0.274 e. The van der Waals surface area contributed by atoms with Gasteiger partial charge in [0.05, 0.1) is 0 Å². The summed E-state index contributed by atoms with van der Waals surface area (Å²) in [4.78, 5) is 16.9. The van der Waals surface area contributed by atoms with Crippen LogP contribution in [-0.4, -0.2) is 25.7 Å². The van der Waals surface area contributed by atoms with Crippen molar-refractivity contribution in [2.75, 3.05) is 5.32 Å². The number of halogens is 1. The van der Waals surface area contributed by atoms with Gasteiger partial charge in [0.15, 0.2) is 5.82 Å². The number of hydrogen-bond donors (Lipinski definition) is 1. The molecule has 2 aromatic carbocycles. The predicted molar refractivity (Wildman–Crippen MR) is 113 cm³/mol. The highest BCUT2D eigenvalue weighted by atomic mass is 35.5. The molecule has 0 saturated carbocycles. The average Bonchev–Trinajstić information content (AvgIpc) is 3.18. The maximum atomic E-state index is 12.7. The summed E-state index contributed by atoms with van der Waals surface area (Å²) in [6, 6.07) is 17.0. The number of nitrogens with one attached hydrogen (secondary N) is 1. The number of hydrogen-bond acceptors (Lipinski definition) is 4. The van der Waals surface area contributed by atoms with Crippen molar-refractivity contribution in [3.8, 4) is 11.4 Å². The summed E-state index contributed by atoms with van der Waals surface area (Å²) in [6.07, 6.45) is 3.28. The van der Waals surface area contributed by atoms with Gasteiger partial charge in [-0.2, -0.15) is 0 Å². The Balaban J connectivity index is 1.37. The number of rotatable bonds is 3. The zero-order valence-electron chi connectivity index (χ0n) is 15.6. The summed E-state index contributed by atoms with van der Waals surface area (Å²) in [6.45, 7) is 0.949. The van der Waals surface area contributed by atoms with E-state index in [1.54, 1.807) is 6.07 Å². The lowest BCUT2D eigenvalue weighted by molar-refractivity contribution is 0.102. The Kier molecular flexibility index (Phi) is 4.48. The molecule has 1 N–H and O–H groups in total. The van der Waals surface area contributed by atoms with Gasteiger partial charge in [-0.15, -0.1) is 10.2 Å². The Morgan fingerprint density at radius 2 is 1.86 bits per heavy atom. The first-order valence-electron chi connectivity index (χ1n) is 9.58. The van der Waals surface area contributed by atoms with Crippen LogP contribution < -0.4 is 5.32 Å². The Morgan fingerprint density at radius 1 is 1.03 bits per heavy atom. The third kappa shape index (κ3) is 3.36. The lowest BCUT2D eigenvalue weighted by Gasteiger charge is -2.14. The molecule has 2 aromatic heterocycles. The summed E-state index contributed by atoms with van der Waals surface area (Å²) in [5.41, 5.74) is 1.95. The molecular formula is C22H18ClN5O. The molecule has 4 aromatic rings. The van der Waals surface area contributed by atoms with Crippen LogP contribution in [-0.2, 0) is 13.0 Å². The molecule has 0 spiro atoms. The molecule has 0 atom stereocenters. The fourth-order valence-electron chi connectivity index (χ4n) is 3.69. The van der Waals surface area contributed by atoms with Crippen LogP contribution in [0, 0.1) is 0 Å². The first kappa shape index (κ1) is 17.8. The van der Waals surface area contributed by atoms with Crippen molar-refractivity contribution in [2.24, 2.45) is 0 Å². The third-order valence-electron chi connectivity index (χ3n) is 5.19. The van der Waals surface area contributed by atoms with E-state index < -0.39 is 0 Å². The van der Waals surface area contributed by atoms with Gasteiger partial charge in [-0.05, 0) is 48.6 Å². The number of carbonyl (C=O) groups excluding carboxylic acids is 1. The lowest BCUT2D eigenvalue weighted by Crippen LogP contribution is -2.14. The summed E-state index contributed by atoms with van der Waals surface area (Å²) >= 11 is 6.24. The Hall–Kier alpha value is -3.25. The van der Waals surface area contributed by atoms with E-state index >= 15 is 0 Å². The molecule has 0 radical (unpaired) electrons. The Labute approximate surface area is 172 Å². The monoisotopic (exact) mass is 403 g/mol. The molecule has 1 aliphatic rings. The Morgan fingerprint density at radius 3 is 2.72 bits per heavy atom. The quantitative estimate of drug-likeness (QED) is 0.501. The topological polar surface area (TPSA) is 72.7 Å². The van der Waals surface area contributed by atoms with E-state index in [9.17, 15) is 4.79 Å². The summed E-state index contributed by atoms with van der Waals surface area (Å²) in [7, 11) is 0. The summed E-state index contributed by atoms with van der Waals surface area (Å²) in [5.74, 6) is 1.62. The molecular weight excluding hydrogens is 386 g/mol. The summed E-state index contributed by atoms with van der Waals surface area (Å²) in [5, 5.41) is 13.6. The molecule has 1 aliphatic heterocycles. The molecule has 1 amide bonds. The number of aromatic nitrogens is 4. The van der Waals surface area contributed by atoms with Gasteiger partial charge >= 0.3 is 0 Å². The fraction of sp³-hybridized carbons (Fsp3) is 0.182. The van der Waals surface area contributed by atoms with E-state index in [1.165, 1.54) is 0 Å². The van der Waals surface area contributed by atoms with Gasteiger partial charge in [0.1, 0.15) is 16.7 Å². The minimum Gasteiger partial charge on any atom is -0.321 e. The van der Waals surface area contributed by atoms with Crippen LogP contribution in [0.5, 0.6) is 0 Å². The molecule has 0 saturated heterocycles. The van der Waals surface area contributed by atoms with Crippen LogP contribution in [0.15, 0.2) is 54.6 Å². The van der Waals surface area contributed by atoms with Crippen molar-refractivity contribution in [3.05, 3.63) is 71.3 Å². The van der Waals surface area contributed by atoms with Crippen molar-refractivity contribution < 1.29 is 4.79 Å². The standard InChI is InChI=1S/C22H18ClN5O/c23-20-17-6-2-1-5-15(17)13-18(25-20)22(29)24-16-10-8-14(9-11-16)21-27-26-19-7-3-4-12-28(19)21/h1-2,5-6,8-11,13H,3-4,7,12H2,(H,24,29). The highest BCUT2D eigenvalue weighted by molar-refractivity contribution is 6.34. The van der Waals surface area contributed by atoms with Gasteiger partial charge in [0.2, 0.25) is 0 Å². The normalized spacial score (nSPS) is 13.3. The second-order valence-corrected chi connectivity index (χ2v) is 7.46. The average molecular weight is 404 g/mol. The molecule has 0 aliphatic carbocycles. The number of fused-ring (bicyclic) bond motifs is 2. The molecule has 6 nitrogen and oxygen atoms in total. The number of aryl methyl sites for hydroxylation is 1. The zero-order valence-corrected chi connectivity index (χ0v) is 16.4. The number of benzene rings is 2. The fourth-order valence-corrected chi connectivity index (χ4v) is 3.96. The van der Waals surface area contributed by atoms with Crippen LogP contribution in [0.25, 0.3) is 22.2 Å². The number of nitrogens with zero attached hydrogens (tertiary/aromatic N) is 4. The maximum Gasteiger partial charge on any atom is 0.274 e. The van der Waals surface area contributed by atoms with E-state index in [2.05, 4.69) is 25.1 Å². The van der Waals surface area contributed by atoms with E-state index in [-0.39, 0.29) is 11.6 Å². The number of anilines is 1. The van der Waals surface area contributed by atoms with Crippen LogP contribution in [0.4, 0.5) is 5.69 Å². The van der Waals surface area contributed by atoms with Crippen molar-refractivity contribution in [1.82, 2.24) is 19.7 Å². The molecule has 3 heterocycles. The Bertz CT molecular complexity index is 1220. The van der Waals surface area contributed by atoms with E-state index in [0.29, 0.717) is 10.8 Å². The van der Waals surface area contributed by atoms with E-state index in [4.69, 9.17) is 11.6 Å². The van der Waals surface area contributed by atoms with Gasteiger partial charge < -0.3 is 9.88 Å². The van der Waals surface area contributed by atoms with Crippen LogP contribution in [0.2, 0.25) is 5.15 Å². The van der Waals surface area contributed by atoms with Gasteiger partial charge in [0, 0.05) is 29.6 Å². The predicted octanol–water partition coefficient (Wildman–Crippen LogP) is 4.74. The third-order valence-corrected chi connectivity index (χ3v) is 5.48. The van der Waals surface area contributed by atoms with Gasteiger partial charge in [-0.3, -0.25) is 4.79 Å². The molecule has 5 rings (SSSR count). The molecule has 29 heavy (non-hydrogen) atoms. The van der Waals surface area contributed by atoms with Gasteiger partial charge in [-0.25, -0.2) is 4.98 Å². The molecule has 0 unspecified atom stereocenters. The van der Waals surface area contributed by atoms with E-state index in [1.807, 2.05) is 48.5 Å². The van der Waals surface area contributed by atoms with Gasteiger partial charge in [-0.1, -0.05) is 35.9 Å². The van der Waals surface area contributed by atoms with Crippen LogP contribution in [0.1, 0.15) is 29.2 Å². The van der Waals surface area contributed by atoms with E-state index in [0.717, 1.165) is 53.8 Å². The van der Waals surface area contributed by atoms with Crippen molar-refractivity contribution in [1.29, 1.82) is 0 Å². The van der Waals surface area contributed by atoms with Crippen molar-refractivity contribution in [2.45, 2.75) is 25.8 Å². The minimum absolute atomic E-state index is 0.282. The zero-order chi connectivity index (χ0) is 19.8. The van der Waals surface area contributed by atoms with Crippen molar-refractivity contribution >= 4 is 34.0 Å². The molecule has 7 heteroatoms. The molecule has 0 fully saturated rings. The second kappa shape index (κ2) is 7.29. The minimum atomic E-state index is -0.301. The molecule has 144 valence electrons. The largest absolute Gasteiger partial charge is 0.321 e. The SMILES string of the molecule is O=C(Nc1ccc(-c2nnc3n2CCCC3)cc1)c1cc2ccccc2c(Cl)n1. The second-order valence-electron chi connectivity index (χ2n) is 7.10. The summed E-state index contributed by atoms with van der Waals surface area (Å²) < 4.78 is 2.18. The van der Waals surface area contributed by atoms with Gasteiger partial charge in [0.25, 0.3) is 5.91 Å². The number of pyridine rings is 1. The maximum absolute atomic E-state index is 12.7. The highest BCUT2D eigenvalue weighted by Gasteiger charge is 2.17. The number of amides is 1. The van der Waals surface area contributed by atoms with Crippen molar-refractivity contribution in [3.63, 3.8) is 0 Å². The van der Waals surface area contributed by atoms with Crippen LogP contribution in [0.3, 0.4) is 0 Å². The van der Waals surface area contributed by atoms with Crippen LogP contribution >= 0.6 is 11.6 Å². The molecule has 0 bridgehead atoms.